The molecule has 7 heteroatoms. The van der Waals surface area contributed by atoms with E-state index in [-0.39, 0.29) is 26.2 Å². The molecule has 0 radical (unpaired) electrons. The summed E-state index contributed by atoms with van der Waals surface area (Å²) in [6, 6.07) is 0. The first kappa shape index (κ1) is 10.7. The van der Waals surface area contributed by atoms with Crippen LogP contribution in [0.15, 0.2) is 0 Å². The largest absolute Gasteiger partial charge is 0.480 e. The summed E-state index contributed by atoms with van der Waals surface area (Å²) in [6.07, 6.45) is 0. The van der Waals surface area contributed by atoms with Crippen molar-refractivity contribution in [3.05, 3.63) is 0 Å². The highest BCUT2D eigenvalue weighted by molar-refractivity contribution is 6.16. The number of aliphatic carboxylic acids is 2. The Morgan fingerprint density at radius 1 is 0.941 bits per heavy atom. The Labute approximate surface area is 96.6 Å². The van der Waals surface area contributed by atoms with Crippen molar-refractivity contribution >= 4 is 17.7 Å². The summed E-state index contributed by atoms with van der Waals surface area (Å²) >= 11 is 0. The van der Waals surface area contributed by atoms with E-state index in [1.807, 2.05) is 0 Å². The molecule has 92 valence electrons. The van der Waals surface area contributed by atoms with Crippen LogP contribution in [0.4, 0.5) is 0 Å². The van der Waals surface area contributed by atoms with E-state index < -0.39 is 28.6 Å². The second kappa shape index (κ2) is 2.85. The van der Waals surface area contributed by atoms with Crippen molar-refractivity contribution in [2.75, 3.05) is 32.8 Å². The van der Waals surface area contributed by atoms with Crippen molar-refractivity contribution in [2.24, 2.45) is 10.8 Å². The van der Waals surface area contributed by atoms with Gasteiger partial charge in [-0.05, 0) is 0 Å². The predicted molar refractivity (Wildman–Crippen MR) is 53.2 cm³/mol. The van der Waals surface area contributed by atoms with Crippen LogP contribution >= 0.6 is 0 Å². The fraction of sp³-hybridized carbons (Fsp3) is 0.700. The number of Topliss-reactive ketones (excluding diaryl/α,β-unsaturated/α-hetero) is 1. The number of nitrogens with zero attached hydrogens (tertiary/aromatic N) is 2. The minimum Gasteiger partial charge on any atom is -0.480 e. The molecule has 4 rings (SSSR count). The summed E-state index contributed by atoms with van der Waals surface area (Å²) < 4.78 is 0. The normalized spacial score (nSPS) is 47.2. The van der Waals surface area contributed by atoms with E-state index in [9.17, 15) is 24.6 Å². The molecule has 0 aromatic heterocycles. The molecule has 4 fully saturated rings. The monoisotopic (exact) mass is 240 g/mol. The Hall–Kier alpha value is -1.47. The van der Waals surface area contributed by atoms with Gasteiger partial charge in [0.25, 0.3) is 0 Å². The number of hydrogen-bond donors (Lipinski definition) is 2. The highest BCUT2D eigenvalue weighted by Crippen LogP contribution is 2.46. The van der Waals surface area contributed by atoms with Crippen molar-refractivity contribution in [1.82, 2.24) is 9.80 Å². The van der Waals surface area contributed by atoms with Crippen molar-refractivity contribution < 1.29 is 24.6 Å². The third-order valence-corrected chi connectivity index (χ3v) is 4.06. The van der Waals surface area contributed by atoms with Gasteiger partial charge in [0.1, 0.15) is 0 Å². The number of piperidine rings is 2. The first-order valence-corrected chi connectivity index (χ1v) is 5.37. The molecule has 0 amide bonds. The lowest BCUT2D eigenvalue weighted by Crippen LogP contribution is -2.79. The van der Waals surface area contributed by atoms with Crippen molar-refractivity contribution in [2.45, 2.75) is 0 Å². The summed E-state index contributed by atoms with van der Waals surface area (Å²) in [5.74, 6) is -3.04. The van der Waals surface area contributed by atoms with Gasteiger partial charge in [0.15, 0.2) is 16.6 Å². The van der Waals surface area contributed by atoms with Crippen LogP contribution in [0.5, 0.6) is 0 Å². The van der Waals surface area contributed by atoms with Crippen LogP contribution in [-0.2, 0) is 14.4 Å². The van der Waals surface area contributed by atoms with E-state index in [1.165, 1.54) is 0 Å². The van der Waals surface area contributed by atoms with Gasteiger partial charge >= 0.3 is 11.9 Å². The van der Waals surface area contributed by atoms with Gasteiger partial charge in [-0.1, -0.05) is 0 Å². The lowest BCUT2D eigenvalue weighted by molar-refractivity contribution is -0.201. The fourth-order valence-electron chi connectivity index (χ4n) is 3.43. The molecule has 0 spiro atoms. The molecule has 0 aliphatic carbocycles. The van der Waals surface area contributed by atoms with Gasteiger partial charge in [-0.25, -0.2) is 0 Å². The maximum Gasteiger partial charge on any atom is 0.319 e. The Kier molecular flexibility index (Phi) is 1.79. The van der Waals surface area contributed by atoms with Crippen LogP contribution in [0.25, 0.3) is 0 Å². The molecule has 0 unspecified atom stereocenters. The third kappa shape index (κ3) is 1.05. The van der Waals surface area contributed by atoms with E-state index in [1.54, 1.807) is 9.80 Å². The van der Waals surface area contributed by atoms with E-state index in [4.69, 9.17) is 0 Å². The van der Waals surface area contributed by atoms with E-state index in [0.717, 1.165) is 0 Å². The number of carbonyl (C=O) groups excluding carboxylic acids is 1. The van der Waals surface area contributed by atoms with Gasteiger partial charge in [0, 0.05) is 26.2 Å². The highest BCUT2D eigenvalue weighted by Gasteiger charge is 2.69. The minimum atomic E-state index is -1.55. The van der Waals surface area contributed by atoms with Crippen LogP contribution in [0.2, 0.25) is 0 Å². The second-order valence-corrected chi connectivity index (χ2v) is 5.22. The van der Waals surface area contributed by atoms with E-state index in [2.05, 4.69) is 0 Å². The highest BCUT2D eigenvalue weighted by atomic mass is 16.4. The smallest absolute Gasteiger partial charge is 0.319 e. The zero-order valence-electron chi connectivity index (χ0n) is 9.05. The van der Waals surface area contributed by atoms with Gasteiger partial charge in [-0.2, -0.15) is 0 Å². The Balaban J connectivity index is 2.14. The van der Waals surface area contributed by atoms with Gasteiger partial charge in [0.05, 0.1) is 6.67 Å². The molecule has 4 aliphatic rings. The topological polar surface area (TPSA) is 98.2 Å². The van der Waals surface area contributed by atoms with E-state index in [0.29, 0.717) is 6.67 Å². The fourth-order valence-corrected chi connectivity index (χ4v) is 3.43. The molecular formula is C10H12N2O5. The molecule has 0 saturated carbocycles. The molecule has 0 aromatic carbocycles. The number of hydrogen-bond acceptors (Lipinski definition) is 5. The second-order valence-electron chi connectivity index (χ2n) is 5.22. The van der Waals surface area contributed by atoms with Gasteiger partial charge in [-0.15, -0.1) is 0 Å². The standard InChI is InChI=1S/C10H12N2O5/c13-6-9(7(14)15)1-11-3-10(6,8(16)17)4-12(2-9)5-11/h1-5H2,(H,14,15)(H,16,17). The maximum absolute atomic E-state index is 12.3. The number of rotatable bonds is 2. The van der Waals surface area contributed by atoms with E-state index >= 15 is 0 Å². The summed E-state index contributed by atoms with van der Waals surface area (Å²) in [5, 5.41) is 18.6. The maximum atomic E-state index is 12.3. The number of carboxylic acids is 2. The number of ketones is 1. The van der Waals surface area contributed by atoms with Crippen LogP contribution in [-0.4, -0.2) is 70.6 Å². The van der Waals surface area contributed by atoms with Gasteiger partial charge in [0.2, 0.25) is 0 Å². The Morgan fingerprint density at radius 2 is 1.29 bits per heavy atom. The quantitative estimate of drug-likeness (QED) is 0.555. The van der Waals surface area contributed by atoms with Crippen molar-refractivity contribution in [3.63, 3.8) is 0 Å². The van der Waals surface area contributed by atoms with Crippen LogP contribution in [0.1, 0.15) is 0 Å². The first-order valence-electron chi connectivity index (χ1n) is 5.37. The molecule has 2 N–H and O–H groups in total. The zero-order valence-corrected chi connectivity index (χ0v) is 9.05. The first-order chi connectivity index (χ1) is 7.91. The molecule has 0 aromatic rings. The average molecular weight is 240 g/mol. The summed E-state index contributed by atoms with van der Waals surface area (Å²) in [5.41, 5.74) is -3.10. The number of carboxylic acid groups (broad SMARTS) is 2. The van der Waals surface area contributed by atoms with Crippen molar-refractivity contribution in [1.29, 1.82) is 0 Å². The van der Waals surface area contributed by atoms with Gasteiger partial charge in [-0.3, -0.25) is 24.2 Å². The molecule has 4 heterocycles. The van der Waals surface area contributed by atoms with Crippen LogP contribution < -0.4 is 0 Å². The summed E-state index contributed by atoms with van der Waals surface area (Å²) in [4.78, 5) is 38.5. The molecule has 7 nitrogen and oxygen atoms in total. The molecule has 0 atom stereocenters. The summed E-state index contributed by atoms with van der Waals surface area (Å²) in [7, 11) is 0. The van der Waals surface area contributed by atoms with Crippen LogP contribution in [0, 0.1) is 10.8 Å². The SMILES string of the molecule is O=C(O)C12CN3CN(C1)CC(C(=O)O)(C3)C2=O. The number of carbonyl (C=O) groups is 3. The molecular weight excluding hydrogens is 228 g/mol. The predicted octanol–water partition coefficient (Wildman–Crippen LogP) is -1.70. The lowest BCUT2D eigenvalue weighted by atomic mass is 9.61. The Bertz CT molecular complexity index is 396. The van der Waals surface area contributed by atoms with Gasteiger partial charge < -0.3 is 10.2 Å². The molecule has 4 bridgehead atoms. The van der Waals surface area contributed by atoms with Crippen molar-refractivity contribution in [3.8, 4) is 0 Å². The van der Waals surface area contributed by atoms with Crippen LogP contribution in [0.3, 0.4) is 0 Å². The average Bonchev–Trinajstić information content (AvgIpc) is 2.23. The molecule has 17 heavy (non-hydrogen) atoms. The molecule has 4 aliphatic heterocycles. The Morgan fingerprint density at radius 3 is 1.59 bits per heavy atom. The zero-order chi connectivity index (χ0) is 12.4. The lowest BCUT2D eigenvalue weighted by Gasteiger charge is -2.59. The summed E-state index contributed by atoms with van der Waals surface area (Å²) in [6.45, 7) is 1.08. The minimum absolute atomic E-state index is 0.132. The third-order valence-electron chi connectivity index (χ3n) is 4.06. The molecule has 4 saturated heterocycles.